The molecule has 1 unspecified atom stereocenters. The van der Waals surface area contributed by atoms with E-state index in [0.717, 1.165) is 0 Å². The van der Waals surface area contributed by atoms with Gasteiger partial charge in [-0.05, 0) is 6.42 Å². The standard InChI is InChI=1S/C7H10N2O/c8-7(9-10)6-4-2-1-3-5-6/h1-4,6,10H,5H2,(H2,8,9)/i6D. The smallest absolute Gasteiger partial charge is 0.146 e. The van der Waals surface area contributed by atoms with Crippen LogP contribution in [0.25, 0.3) is 0 Å². The third-order valence-electron chi connectivity index (χ3n) is 1.32. The first-order valence-electron chi connectivity index (χ1n) is 3.51. The molecule has 0 amide bonds. The Labute approximate surface area is 60.9 Å². The molecule has 3 N–H and O–H groups in total. The largest absolute Gasteiger partial charge is 0.409 e. The highest BCUT2D eigenvalue weighted by atomic mass is 16.4. The van der Waals surface area contributed by atoms with Crippen molar-refractivity contribution in [3.05, 3.63) is 24.3 Å². The van der Waals surface area contributed by atoms with Crippen molar-refractivity contribution >= 4 is 5.84 Å². The van der Waals surface area contributed by atoms with E-state index in [1.54, 1.807) is 12.2 Å². The topological polar surface area (TPSA) is 58.6 Å². The van der Waals surface area contributed by atoms with Crippen molar-refractivity contribution < 1.29 is 6.58 Å². The number of allylic oxidation sites excluding steroid dienone is 3. The van der Waals surface area contributed by atoms with Gasteiger partial charge < -0.3 is 10.9 Å². The molecule has 0 radical (unpaired) electrons. The van der Waals surface area contributed by atoms with Gasteiger partial charge in [-0.3, -0.25) is 0 Å². The number of hydrogen-bond donors (Lipinski definition) is 2. The zero-order valence-corrected chi connectivity index (χ0v) is 5.49. The summed E-state index contributed by atoms with van der Waals surface area (Å²) >= 11 is 0. The van der Waals surface area contributed by atoms with Gasteiger partial charge in [0.05, 0.1) is 0 Å². The summed E-state index contributed by atoms with van der Waals surface area (Å²) in [5.41, 5.74) is 5.31. The Bertz CT molecular complexity index is 235. The molecule has 54 valence electrons. The van der Waals surface area contributed by atoms with Crippen molar-refractivity contribution in [1.29, 1.82) is 0 Å². The SMILES string of the molecule is [2H]C1(C(N)=NO)C=CC=CC1. The molecule has 0 aliphatic heterocycles. The van der Waals surface area contributed by atoms with Crippen LogP contribution in [0, 0.1) is 5.89 Å². The fourth-order valence-electron chi connectivity index (χ4n) is 0.767. The number of oxime groups is 1. The zero-order valence-electron chi connectivity index (χ0n) is 6.49. The molecule has 3 nitrogen and oxygen atoms in total. The lowest BCUT2D eigenvalue weighted by atomic mass is 10.0. The van der Waals surface area contributed by atoms with Crippen LogP contribution >= 0.6 is 0 Å². The van der Waals surface area contributed by atoms with Gasteiger partial charge in [-0.2, -0.15) is 0 Å². The van der Waals surface area contributed by atoms with E-state index >= 15 is 0 Å². The maximum atomic E-state index is 8.34. The van der Waals surface area contributed by atoms with E-state index in [9.17, 15) is 0 Å². The minimum absolute atomic E-state index is 0.0712. The Kier molecular flexibility index (Phi) is 1.69. The maximum Gasteiger partial charge on any atom is 0.146 e. The van der Waals surface area contributed by atoms with Crippen molar-refractivity contribution in [2.45, 2.75) is 6.42 Å². The minimum Gasteiger partial charge on any atom is -0.409 e. The number of hydrogen-bond acceptors (Lipinski definition) is 2. The van der Waals surface area contributed by atoms with Gasteiger partial charge in [0.25, 0.3) is 0 Å². The molecule has 0 saturated heterocycles. The summed E-state index contributed by atoms with van der Waals surface area (Å²) in [4.78, 5) is 0. The van der Waals surface area contributed by atoms with Crippen molar-refractivity contribution in [3.63, 3.8) is 0 Å². The Balaban J connectivity index is 2.84. The maximum absolute atomic E-state index is 8.34. The molecule has 0 fully saturated rings. The molecule has 1 aliphatic carbocycles. The van der Waals surface area contributed by atoms with Crippen LogP contribution in [0.1, 0.15) is 7.79 Å². The van der Waals surface area contributed by atoms with Crippen LogP contribution < -0.4 is 5.73 Å². The third-order valence-corrected chi connectivity index (χ3v) is 1.32. The average Bonchev–Trinajstić information content (AvgIpc) is 2.04. The minimum atomic E-state index is -1.05. The first kappa shape index (κ1) is 5.53. The molecule has 1 atom stereocenters. The monoisotopic (exact) mass is 139 g/mol. The van der Waals surface area contributed by atoms with Crippen molar-refractivity contribution in [3.8, 4) is 0 Å². The number of rotatable bonds is 1. The fourth-order valence-corrected chi connectivity index (χ4v) is 0.767. The van der Waals surface area contributed by atoms with Gasteiger partial charge in [-0.15, -0.1) is 0 Å². The second-order valence-electron chi connectivity index (χ2n) is 2.00. The predicted octanol–water partition coefficient (Wildman–Crippen LogP) is 0.865. The Hall–Kier alpha value is -1.25. The summed E-state index contributed by atoms with van der Waals surface area (Å²) < 4.78 is 7.67. The van der Waals surface area contributed by atoms with E-state index in [4.69, 9.17) is 12.3 Å². The lowest BCUT2D eigenvalue weighted by Gasteiger charge is -2.09. The molecule has 0 bridgehead atoms. The molecular weight excluding hydrogens is 128 g/mol. The van der Waals surface area contributed by atoms with Gasteiger partial charge in [0, 0.05) is 7.26 Å². The van der Waals surface area contributed by atoms with Gasteiger partial charge in [0.15, 0.2) is 0 Å². The van der Waals surface area contributed by atoms with Crippen molar-refractivity contribution in [2.24, 2.45) is 16.8 Å². The van der Waals surface area contributed by atoms with E-state index in [0.29, 0.717) is 6.42 Å². The van der Waals surface area contributed by atoms with Gasteiger partial charge >= 0.3 is 0 Å². The number of nitrogens with zero attached hydrogens (tertiary/aromatic N) is 1. The summed E-state index contributed by atoms with van der Waals surface area (Å²) in [5.74, 6) is -1.12. The van der Waals surface area contributed by atoms with E-state index in [2.05, 4.69) is 5.16 Å². The summed E-state index contributed by atoms with van der Waals surface area (Å²) in [6.07, 6.45) is 7.42. The van der Waals surface area contributed by atoms with Gasteiger partial charge in [-0.1, -0.05) is 29.5 Å². The van der Waals surface area contributed by atoms with E-state index in [1.807, 2.05) is 12.2 Å². The van der Waals surface area contributed by atoms with Crippen molar-refractivity contribution in [2.75, 3.05) is 0 Å². The lowest BCUT2D eigenvalue weighted by Crippen LogP contribution is -2.22. The molecule has 0 spiro atoms. The highest BCUT2D eigenvalue weighted by Crippen LogP contribution is 2.10. The van der Waals surface area contributed by atoms with E-state index in [-0.39, 0.29) is 5.84 Å². The summed E-state index contributed by atoms with van der Waals surface area (Å²) in [5, 5.41) is 11.1. The Morgan fingerprint density at radius 2 is 2.60 bits per heavy atom. The zero-order chi connectivity index (χ0) is 8.32. The molecule has 1 aliphatic rings. The van der Waals surface area contributed by atoms with E-state index < -0.39 is 5.89 Å². The van der Waals surface area contributed by atoms with Gasteiger partial charge in [0.2, 0.25) is 0 Å². The molecule has 0 aromatic rings. The van der Waals surface area contributed by atoms with Crippen LogP contribution in [-0.4, -0.2) is 11.0 Å². The van der Waals surface area contributed by atoms with E-state index in [1.165, 1.54) is 0 Å². The Morgan fingerprint density at radius 3 is 3.10 bits per heavy atom. The van der Waals surface area contributed by atoms with Crippen molar-refractivity contribution in [1.82, 2.24) is 0 Å². The molecule has 0 saturated carbocycles. The highest BCUT2D eigenvalue weighted by Gasteiger charge is 2.08. The quantitative estimate of drug-likeness (QED) is 0.245. The molecule has 0 aromatic carbocycles. The van der Waals surface area contributed by atoms with Gasteiger partial charge in [0.1, 0.15) is 5.84 Å². The molecule has 1 rings (SSSR count). The fraction of sp³-hybridized carbons (Fsp3) is 0.286. The lowest BCUT2D eigenvalue weighted by molar-refractivity contribution is 0.315. The van der Waals surface area contributed by atoms with Crippen LogP contribution in [0.2, 0.25) is 0 Å². The first-order valence-corrected chi connectivity index (χ1v) is 3.01. The van der Waals surface area contributed by atoms with Crippen LogP contribution in [0.3, 0.4) is 0 Å². The normalized spacial score (nSPS) is 34.0. The summed E-state index contributed by atoms with van der Waals surface area (Å²) in [7, 11) is 0. The van der Waals surface area contributed by atoms with Crippen LogP contribution in [0.4, 0.5) is 0 Å². The van der Waals surface area contributed by atoms with Crippen LogP contribution in [0.15, 0.2) is 29.5 Å². The highest BCUT2D eigenvalue weighted by molar-refractivity contribution is 5.84. The number of nitrogens with two attached hydrogens (primary N) is 1. The summed E-state index contributed by atoms with van der Waals surface area (Å²) in [6.45, 7) is 0. The third kappa shape index (κ3) is 1.37. The second kappa shape index (κ2) is 3.06. The van der Waals surface area contributed by atoms with Crippen LogP contribution in [-0.2, 0) is 0 Å². The molecular formula is C7H10N2O. The molecule has 0 aromatic heterocycles. The summed E-state index contributed by atoms with van der Waals surface area (Å²) in [6, 6.07) is 0. The van der Waals surface area contributed by atoms with Gasteiger partial charge in [-0.25, -0.2) is 0 Å². The molecule has 3 heteroatoms. The number of amidine groups is 1. The molecule has 0 heterocycles. The molecule has 10 heavy (non-hydrogen) atoms. The average molecular weight is 139 g/mol. The second-order valence-corrected chi connectivity index (χ2v) is 2.00. The Morgan fingerprint density at radius 1 is 1.80 bits per heavy atom. The predicted molar refractivity (Wildman–Crippen MR) is 39.8 cm³/mol. The van der Waals surface area contributed by atoms with Crippen LogP contribution in [0.5, 0.6) is 0 Å². The first-order chi connectivity index (χ1) is 5.19.